The van der Waals surface area contributed by atoms with Crippen molar-refractivity contribution < 1.29 is 0 Å². The van der Waals surface area contributed by atoms with Crippen molar-refractivity contribution >= 4 is 5.69 Å². The van der Waals surface area contributed by atoms with Gasteiger partial charge < -0.3 is 5.73 Å². The highest BCUT2D eigenvalue weighted by atomic mass is 16.1. The van der Waals surface area contributed by atoms with Gasteiger partial charge in [-0.25, -0.2) is 4.68 Å². The molecule has 0 aromatic carbocycles. The largest absolute Gasteiger partial charge is 0.397 e. The van der Waals surface area contributed by atoms with Gasteiger partial charge in [0.1, 0.15) is 6.54 Å². The minimum atomic E-state index is -0.355. The Bertz CT molecular complexity index is 348. The number of nitrogen functional groups attached to an aromatic ring is 1. The third-order valence-corrected chi connectivity index (χ3v) is 1.11. The molecule has 0 unspecified atom stereocenters. The van der Waals surface area contributed by atoms with E-state index in [1.54, 1.807) is 6.07 Å². The number of rotatable bonds is 1. The van der Waals surface area contributed by atoms with Crippen LogP contribution in [-0.2, 0) is 6.54 Å². The van der Waals surface area contributed by atoms with Crippen LogP contribution in [-0.4, -0.2) is 9.78 Å². The zero-order valence-electron chi connectivity index (χ0n) is 5.69. The Kier molecular flexibility index (Phi) is 1.88. The van der Waals surface area contributed by atoms with Gasteiger partial charge in [0.2, 0.25) is 0 Å². The molecule has 0 aliphatic heterocycles. The maximum atomic E-state index is 10.9. The molecule has 1 aromatic heterocycles. The van der Waals surface area contributed by atoms with Crippen molar-refractivity contribution in [2.75, 3.05) is 5.73 Å². The van der Waals surface area contributed by atoms with Gasteiger partial charge in [0.05, 0.1) is 18.0 Å². The van der Waals surface area contributed by atoms with E-state index in [1.807, 2.05) is 0 Å². The van der Waals surface area contributed by atoms with E-state index >= 15 is 0 Å². The number of nitrogens with zero attached hydrogens (tertiary/aromatic N) is 3. The number of aromatic nitrogens is 2. The number of hydrogen-bond acceptors (Lipinski definition) is 4. The van der Waals surface area contributed by atoms with Crippen LogP contribution in [0.5, 0.6) is 0 Å². The van der Waals surface area contributed by atoms with Gasteiger partial charge in [-0.3, -0.25) is 4.79 Å². The Morgan fingerprint density at radius 3 is 3.09 bits per heavy atom. The first kappa shape index (κ1) is 7.28. The molecule has 1 heterocycles. The second kappa shape index (κ2) is 2.84. The first-order valence-corrected chi connectivity index (χ1v) is 2.93. The van der Waals surface area contributed by atoms with Crippen LogP contribution in [0.15, 0.2) is 17.1 Å². The van der Waals surface area contributed by atoms with Crippen molar-refractivity contribution in [1.29, 1.82) is 5.26 Å². The van der Waals surface area contributed by atoms with Crippen molar-refractivity contribution in [3.05, 3.63) is 22.6 Å². The van der Waals surface area contributed by atoms with Crippen LogP contribution >= 0.6 is 0 Å². The molecule has 1 aromatic rings. The standard InChI is InChI=1S/C6H6N4O/c7-1-2-10-6(11)3-5(8)4-9-10/h3-4H,2,8H2. The zero-order valence-corrected chi connectivity index (χ0v) is 5.69. The Hall–Kier alpha value is -1.83. The van der Waals surface area contributed by atoms with Crippen LogP contribution < -0.4 is 11.3 Å². The quantitative estimate of drug-likeness (QED) is 0.576. The minimum Gasteiger partial charge on any atom is -0.397 e. The van der Waals surface area contributed by atoms with Crippen LogP contribution in [0.25, 0.3) is 0 Å². The summed E-state index contributed by atoms with van der Waals surface area (Å²) in [5.74, 6) is 0. The van der Waals surface area contributed by atoms with Crippen molar-refractivity contribution in [3.8, 4) is 6.07 Å². The molecule has 0 fully saturated rings. The summed E-state index contributed by atoms with van der Waals surface area (Å²) in [6.45, 7) is -0.0425. The fraction of sp³-hybridized carbons (Fsp3) is 0.167. The fourth-order valence-corrected chi connectivity index (χ4v) is 0.633. The van der Waals surface area contributed by atoms with Gasteiger partial charge in [0.15, 0.2) is 0 Å². The molecule has 0 atom stereocenters. The Balaban J connectivity index is 3.12. The van der Waals surface area contributed by atoms with Gasteiger partial charge >= 0.3 is 0 Å². The highest BCUT2D eigenvalue weighted by Crippen LogP contribution is 1.89. The van der Waals surface area contributed by atoms with Crippen molar-refractivity contribution in [1.82, 2.24) is 9.78 Å². The van der Waals surface area contributed by atoms with E-state index in [0.29, 0.717) is 5.69 Å². The number of nitriles is 1. The molecular weight excluding hydrogens is 144 g/mol. The summed E-state index contributed by atoms with van der Waals surface area (Å²) in [7, 11) is 0. The maximum Gasteiger partial charge on any atom is 0.269 e. The van der Waals surface area contributed by atoms with Gasteiger partial charge in [-0.2, -0.15) is 10.4 Å². The molecule has 56 valence electrons. The van der Waals surface area contributed by atoms with Crippen molar-refractivity contribution in [3.63, 3.8) is 0 Å². The highest BCUT2D eigenvalue weighted by Gasteiger charge is 1.94. The van der Waals surface area contributed by atoms with E-state index in [9.17, 15) is 4.79 Å². The summed E-state index contributed by atoms with van der Waals surface area (Å²) in [4.78, 5) is 10.9. The molecule has 5 heteroatoms. The summed E-state index contributed by atoms with van der Waals surface area (Å²) in [5.41, 5.74) is 5.22. The lowest BCUT2D eigenvalue weighted by molar-refractivity contribution is 0.659. The van der Waals surface area contributed by atoms with E-state index in [0.717, 1.165) is 4.68 Å². The summed E-state index contributed by atoms with van der Waals surface area (Å²) < 4.78 is 1.04. The molecule has 0 amide bonds. The van der Waals surface area contributed by atoms with Gasteiger partial charge in [-0.1, -0.05) is 0 Å². The summed E-state index contributed by atoms with van der Waals surface area (Å²) in [6, 6.07) is 3.03. The lowest BCUT2D eigenvalue weighted by atomic mass is 10.5. The SMILES string of the molecule is N#CCn1ncc(N)cc1=O. The third-order valence-electron chi connectivity index (χ3n) is 1.11. The van der Waals surface area contributed by atoms with Crippen LogP contribution in [0.3, 0.4) is 0 Å². The monoisotopic (exact) mass is 150 g/mol. The maximum absolute atomic E-state index is 10.9. The highest BCUT2D eigenvalue weighted by molar-refractivity contribution is 5.31. The first-order valence-electron chi connectivity index (χ1n) is 2.93. The van der Waals surface area contributed by atoms with Crippen LogP contribution in [0, 0.1) is 11.3 Å². The summed E-state index contributed by atoms with van der Waals surface area (Å²) >= 11 is 0. The molecule has 2 N–H and O–H groups in total. The number of hydrogen-bond donors (Lipinski definition) is 1. The van der Waals surface area contributed by atoms with Gasteiger partial charge in [0, 0.05) is 6.07 Å². The normalized spacial score (nSPS) is 9.00. The minimum absolute atomic E-state index is 0.0425. The average molecular weight is 150 g/mol. The molecule has 0 aliphatic carbocycles. The lowest BCUT2D eigenvalue weighted by Gasteiger charge is -1.96. The van der Waals surface area contributed by atoms with Gasteiger partial charge in [0.25, 0.3) is 5.56 Å². The van der Waals surface area contributed by atoms with E-state index < -0.39 is 0 Å². The second-order valence-corrected chi connectivity index (χ2v) is 1.94. The van der Waals surface area contributed by atoms with Crippen molar-refractivity contribution in [2.45, 2.75) is 6.54 Å². The molecule has 0 spiro atoms. The summed E-state index contributed by atoms with van der Waals surface area (Å²) in [5, 5.41) is 11.9. The first-order chi connectivity index (χ1) is 5.24. The Morgan fingerprint density at radius 2 is 2.55 bits per heavy atom. The zero-order chi connectivity index (χ0) is 8.27. The van der Waals surface area contributed by atoms with E-state index in [-0.39, 0.29) is 12.1 Å². The molecule has 5 nitrogen and oxygen atoms in total. The Labute approximate surface area is 62.7 Å². The third kappa shape index (κ3) is 1.55. The topological polar surface area (TPSA) is 84.7 Å². The molecule has 0 saturated carbocycles. The van der Waals surface area contributed by atoms with Gasteiger partial charge in [-0.05, 0) is 0 Å². The number of nitrogens with two attached hydrogens (primary N) is 1. The summed E-state index contributed by atoms with van der Waals surface area (Å²) in [6.07, 6.45) is 1.33. The lowest BCUT2D eigenvalue weighted by Crippen LogP contribution is -2.21. The molecule has 11 heavy (non-hydrogen) atoms. The average Bonchev–Trinajstić information content (AvgIpc) is 1.95. The van der Waals surface area contributed by atoms with Crippen LogP contribution in [0.1, 0.15) is 0 Å². The molecule has 1 rings (SSSR count). The Morgan fingerprint density at radius 1 is 1.82 bits per heavy atom. The molecular formula is C6H6N4O. The van der Waals surface area contributed by atoms with Crippen LogP contribution in [0.2, 0.25) is 0 Å². The van der Waals surface area contributed by atoms with E-state index in [1.165, 1.54) is 12.3 Å². The molecule has 0 radical (unpaired) electrons. The van der Waals surface area contributed by atoms with Gasteiger partial charge in [-0.15, -0.1) is 0 Å². The predicted molar refractivity (Wildman–Crippen MR) is 38.5 cm³/mol. The van der Waals surface area contributed by atoms with Crippen LogP contribution in [0.4, 0.5) is 5.69 Å². The van der Waals surface area contributed by atoms with Crippen molar-refractivity contribution in [2.24, 2.45) is 0 Å². The molecule has 0 saturated heterocycles. The molecule has 0 aliphatic rings. The molecule has 0 bridgehead atoms. The second-order valence-electron chi connectivity index (χ2n) is 1.94. The number of anilines is 1. The van der Waals surface area contributed by atoms with E-state index in [4.69, 9.17) is 11.0 Å². The van der Waals surface area contributed by atoms with E-state index in [2.05, 4.69) is 5.10 Å². The fourth-order valence-electron chi connectivity index (χ4n) is 0.633. The predicted octanol–water partition coefficient (Wildman–Crippen LogP) is -0.651. The smallest absolute Gasteiger partial charge is 0.269 e.